The first-order valence-electron chi connectivity index (χ1n) is 3.30. The molecule has 0 amide bonds. The van der Waals surface area contributed by atoms with E-state index < -0.39 is 24.3 Å². The van der Waals surface area contributed by atoms with Crippen LogP contribution in [0.15, 0.2) is 0 Å². The van der Waals surface area contributed by atoms with Crippen molar-refractivity contribution < 1.29 is 24.9 Å². The van der Waals surface area contributed by atoms with Crippen LogP contribution in [0.2, 0.25) is 0 Å². The molecule has 1 heterocycles. The summed E-state index contributed by atoms with van der Waals surface area (Å²) in [7, 11) is 0. The first-order valence-corrected chi connectivity index (χ1v) is 3.30. The molecular formula is C6H9O5-. The Morgan fingerprint density at radius 2 is 2.09 bits per heavy atom. The van der Waals surface area contributed by atoms with E-state index in [9.17, 15) is 9.90 Å². The maximum atomic E-state index is 10.2. The van der Waals surface area contributed by atoms with Gasteiger partial charge in [0.1, 0.15) is 6.10 Å². The third-order valence-electron chi connectivity index (χ3n) is 1.63. The van der Waals surface area contributed by atoms with E-state index in [0.717, 1.165) is 0 Å². The number of aliphatic hydroxyl groups excluding tert-OH is 2. The van der Waals surface area contributed by atoms with E-state index in [0.29, 0.717) is 0 Å². The van der Waals surface area contributed by atoms with Crippen LogP contribution in [0.4, 0.5) is 0 Å². The number of ether oxygens (including phenoxy) is 1. The van der Waals surface area contributed by atoms with Crippen molar-refractivity contribution in [2.75, 3.05) is 6.61 Å². The van der Waals surface area contributed by atoms with Gasteiger partial charge in [-0.1, -0.05) is 0 Å². The molecule has 0 aliphatic carbocycles. The van der Waals surface area contributed by atoms with E-state index in [1.807, 2.05) is 0 Å². The van der Waals surface area contributed by atoms with E-state index in [1.165, 1.54) is 0 Å². The molecule has 1 aliphatic rings. The lowest BCUT2D eigenvalue weighted by molar-refractivity contribution is -0.321. The van der Waals surface area contributed by atoms with Crippen LogP contribution >= 0.6 is 0 Å². The van der Waals surface area contributed by atoms with Crippen molar-refractivity contribution in [2.24, 2.45) is 0 Å². The lowest BCUT2D eigenvalue weighted by atomic mass is 10.0. The smallest absolute Gasteiger partial charge is 0.103 e. The maximum Gasteiger partial charge on any atom is 0.103 e. The van der Waals surface area contributed by atoms with Crippen LogP contribution in [0.5, 0.6) is 0 Å². The molecule has 0 aromatic carbocycles. The number of hydrogen-bond donors (Lipinski definition) is 2. The SMILES string of the molecule is O=C([O-])C1CC(O)[C@H](O)CO1. The minimum absolute atomic E-state index is 0.108. The van der Waals surface area contributed by atoms with Crippen molar-refractivity contribution in [1.29, 1.82) is 0 Å². The fraction of sp³-hybridized carbons (Fsp3) is 0.833. The number of aliphatic carboxylic acids is 1. The van der Waals surface area contributed by atoms with Crippen LogP contribution in [0.25, 0.3) is 0 Å². The van der Waals surface area contributed by atoms with Gasteiger partial charge < -0.3 is 24.9 Å². The fourth-order valence-corrected chi connectivity index (χ4v) is 0.935. The molecule has 2 N–H and O–H groups in total. The number of carboxylic acids is 1. The van der Waals surface area contributed by atoms with Gasteiger partial charge in [-0.05, 0) is 0 Å². The summed E-state index contributed by atoms with van der Waals surface area (Å²) < 4.78 is 4.65. The molecule has 0 radical (unpaired) electrons. The monoisotopic (exact) mass is 161 g/mol. The number of carbonyl (C=O) groups is 1. The third-order valence-corrected chi connectivity index (χ3v) is 1.63. The highest BCUT2D eigenvalue weighted by Crippen LogP contribution is 2.13. The molecule has 5 heteroatoms. The molecule has 2 unspecified atom stereocenters. The Bertz CT molecular complexity index is 157. The summed E-state index contributed by atoms with van der Waals surface area (Å²) in [5.41, 5.74) is 0. The minimum Gasteiger partial charge on any atom is -0.547 e. The average molecular weight is 161 g/mol. The van der Waals surface area contributed by atoms with Gasteiger partial charge in [0, 0.05) is 6.42 Å². The Morgan fingerprint density at radius 3 is 2.55 bits per heavy atom. The zero-order valence-electron chi connectivity index (χ0n) is 5.77. The fourth-order valence-electron chi connectivity index (χ4n) is 0.935. The van der Waals surface area contributed by atoms with Gasteiger partial charge in [0.25, 0.3) is 0 Å². The topological polar surface area (TPSA) is 89.8 Å². The number of hydrogen-bond acceptors (Lipinski definition) is 5. The number of carboxylic acid groups (broad SMARTS) is 1. The molecule has 0 aromatic rings. The van der Waals surface area contributed by atoms with Crippen LogP contribution in [0, 0.1) is 0 Å². The molecule has 3 atom stereocenters. The largest absolute Gasteiger partial charge is 0.547 e. The van der Waals surface area contributed by atoms with Gasteiger partial charge in [-0.25, -0.2) is 0 Å². The zero-order valence-corrected chi connectivity index (χ0v) is 5.77. The van der Waals surface area contributed by atoms with Crippen molar-refractivity contribution in [3.05, 3.63) is 0 Å². The molecule has 1 rings (SSSR count). The van der Waals surface area contributed by atoms with Gasteiger partial charge in [0.15, 0.2) is 0 Å². The van der Waals surface area contributed by atoms with E-state index in [1.54, 1.807) is 0 Å². The third kappa shape index (κ3) is 1.89. The van der Waals surface area contributed by atoms with Crippen molar-refractivity contribution in [1.82, 2.24) is 0 Å². The summed E-state index contributed by atoms with van der Waals surface area (Å²) in [5, 5.41) is 28.0. The van der Waals surface area contributed by atoms with Gasteiger partial charge in [0.2, 0.25) is 0 Å². The highest BCUT2D eigenvalue weighted by Gasteiger charge is 2.28. The molecule has 0 saturated carbocycles. The second kappa shape index (κ2) is 3.17. The lowest BCUT2D eigenvalue weighted by Gasteiger charge is -2.30. The minimum atomic E-state index is -1.35. The van der Waals surface area contributed by atoms with Crippen LogP contribution < -0.4 is 5.11 Å². The van der Waals surface area contributed by atoms with Crippen molar-refractivity contribution in [3.63, 3.8) is 0 Å². The van der Waals surface area contributed by atoms with E-state index in [4.69, 9.17) is 10.2 Å². The summed E-state index contributed by atoms with van der Waals surface area (Å²) in [6.45, 7) is -0.153. The predicted octanol–water partition coefficient (Wildman–Crippen LogP) is -2.75. The first-order chi connectivity index (χ1) is 5.11. The van der Waals surface area contributed by atoms with Gasteiger partial charge >= 0.3 is 0 Å². The zero-order chi connectivity index (χ0) is 8.43. The normalized spacial score (nSPS) is 38.5. The second-order valence-corrected chi connectivity index (χ2v) is 2.51. The van der Waals surface area contributed by atoms with Crippen LogP contribution in [0.1, 0.15) is 6.42 Å². The standard InChI is InChI=1S/C6H10O5/c7-3-1-5(6(9)10)11-2-4(3)8/h3-5,7-8H,1-2H2,(H,9,10)/p-1/t3?,4-,5?/m1/s1. The van der Waals surface area contributed by atoms with Crippen molar-refractivity contribution >= 4 is 5.97 Å². The van der Waals surface area contributed by atoms with Gasteiger partial charge in [0.05, 0.1) is 24.8 Å². The van der Waals surface area contributed by atoms with Crippen molar-refractivity contribution in [3.8, 4) is 0 Å². The number of rotatable bonds is 1. The summed E-state index contributed by atoms with van der Waals surface area (Å²) in [4.78, 5) is 10.2. The summed E-state index contributed by atoms with van der Waals surface area (Å²) in [6, 6.07) is 0. The Kier molecular flexibility index (Phi) is 2.43. The molecule has 11 heavy (non-hydrogen) atoms. The Balaban J connectivity index is 2.46. The quantitative estimate of drug-likeness (QED) is 0.435. The molecule has 1 aliphatic heterocycles. The van der Waals surface area contributed by atoms with E-state index in [-0.39, 0.29) is 13.0 Å². The Labute approximate surface area is 63.2 Å². The number of carbonyl (C=O) groups excluding carboxylic acids is 1. The molecule has 0 aromatic heterocycles. The second-order valence-electron chi connectivity index (χ2n) is 2.51. The highest BCUT2D eigenvalue weighted by molar-refractivity contribution is 5.70. The van der Waals surface area contributed by atoms with Crippen LogP contribution in [-0.2, 0) is 9.53 Å². The highest BCUT2D eigenvalue weighted by atomic mass is 16.5. The van der Waals surface area contributed by atoms with Gasteiger partial charge in [-0.2, -0.15) is 0 Å². The molecule has 1 saturated heterocycles. The lowest BCUT2D eigenvalue weighted by Crippen LogP contribution is -2.48. The molecule has 5 nitrogen and oxygen atoms in total. The van der Waals surface area contributed by atoms with E-state index in [2.05, 4.69) is 4.74 Å². The Morgan fingerprint density at radius 1 is 1.45 bits per heavy atom. The van der Waals surface area contributed by atoms with Crippen LogP contribution in [-0.4, -0.2) is 41.1 Å². The summed E-state index contributed by atoms with van der Waals surface area (Å²) in [6.07, 6.45) is -3.20. The number of aliphatic hydroxyl groups is 2. The molecule has 0 spiro atoms. The van der Waals surface area contributed by atoms with Gasteiger partial charge in [-0.15, -0.1) is 0 Å². The van der Waals surface area contributed by atoms with Crippen molar-refractivity contribution in [2.45, 2.75) is 24.7 Å². The summed E-state index contributed by atoms with van der Waals surface area (Å²) in [5.74, 6) is -1.35. The predicted molar refractivity (Wildman–Crippen MR) is 31.4 cm³/mol. The van der Waals surface area contributed by atoms with Gasteiger partial charge in [-0.3, -0.25) is 0 Å². The maximum absolute atomic E-state index is 10.2. The summed E-state index contributed by atoms with van der Waals surface area (Å²) >= 11 is 0. The van der Waals surface area contributed by atoms with Crippen LogP contribution in [0.3, 0.4) is 0 Å². The molecule has 64 valence electrons. The molecular weight excluding hydrogens is 152 g/mol. The molecule has 1 fully saturated rings. The van der Waals surface area contributed by atoms with E-state index >= 15 is 0 Å². The first kappa shape index (κ1) is 8.45. The Hall–Kier alpha value is -0.650. The molecule has 0 bridgehead atoms. The average Bonchev–Trinajstić information content (AvgIpc) is 1.94.